The SMILES string of the molecule is CCC(C)OC(=O)C1CCOCC1. The Morgan fingerprint density at radius 1 is 1.54 bits per heavy atom. The molecule has 0 radical (unpaired) electrons. The Balaban J connectivity index is 2.29. The summed E-state index contributed by atoms with van der Waals surface area (Å²) in [6.07, 6.45) is 2.56. The maximum absolute atomic E-state index is 11.5. The van der Waals surface area contributed by atoms with Crippen molar-refractivity contribution in [2.24, 2.45) is 5.92 Å². The van der Waals surface area contributed by atoms with Crippen molar-refractivity contribution in [2.75, 3.05) is 13.2 Å². The number of rotatable bonds is 3. The molecule has 1 aliphatic rings. The van der Waals surface area contributed by atoms with Crippen molar-refractivity contribution in [1.82, 2.24) is 0 Å². The largest absolute Gasteiger partial charge is 0.462 e. The second-order valence-electron chi connectivity index (χ2n) is 3.54. The molecule has 0 amide bonds. The van der Waals surface area contributed by atoms with Gasteiger partial charge in [-0.3, -0.25) is 4.79 Å². The van der Waals surface area contributed by atoms with Gasteiger partial charge in [0, 0.05) is 13.2 Å². The molecule has 13 heavy (non-hydrogen) atoms. The molecule has 0 bridgehead atoms. The average molecular weight is 186 g/mol. The van der Waals surface area contributed by atoms with Gasteiger partial charge in [0.15, 0.2) is 0 Å². The summed E-state index contributed by atoms with van der Waals surface area (Å²) in [5.74, 6) is 0.0281. The van der Waals surface area contributed by atoms with E-state index in [1.54, 1.807) is 0 Å². The Hall–Kier alpha value is -0.570. The van der Waals surface area contributed by atoms with E-state index in [2.05, 4.69) is 0 Å². The molecule has 0 aromatic rings. The molecule has 76 valence electrons. The van der Waals surface area contributed by atoms with Crippen LogP contribution < -0.4 is 0 Å². The van der Waals surface area contributed by atoms with E-state index in [0.717, 1.165) is 19.3 Å². The molecule has 0 aromatic heterocycles. The van der Waals surface area contributed by atoms with Crippen molar-refractivity contribution in [3.8, 4) is 0 Å². The van der Waals surface area contributed by atoms with Crippen LogP contribution in [0.2, 0.25) is 0 Å². The third-order valence-electron chi connectivity index (χ3n) is 2.45. The van der Waals surface area contributed by atoms with Crippen molar-refractivity contribution in [3.63, 3.8) is 0 Å². The molecule has 0 N–H and O–H groups in total. The lowest BCUT2D eigenvalue weighted by Gasteiger charge is -2.22. The van der Waals surface area contributed by atoms with E-state index in [1.165, 1.54) is 0 Å². The highest BCUT2D eigenvalue weighted by Gasteiger charge is 2.23. The second-order valence-corrected chi connectivity index (χ2v) is 3.54. The molecular formula is C10H18O3. The van der Waals surface area contributed by atoms with Gasteiger partial charge in [-0.05, 0) is 26.2 Å². The number of carbonyl (C=O) groups excluding carboxylic acids is 1. The van der Waals surface area contributed by atoms with Crippen molar-refractivity contribution in [2.45, 2.75) is 39.2 Å². The van der Waals surface area contributed by atoms with Gasteiger partial charge in [-0.15, -0.1) is 0 Å². The first-order chi connectivity index (χ1) is 6.24. The summed E-state index contributed by atoms with van der Waals surface area (Å²) >= 11 is 0. The second kappa shape index (κ2) is 5.22. The van der Waals surface area contributed by atoms with Crippen LogP contribution in [0.4, 0.5) is 0 Å². The molecule has 3 heteroatoms. The predicted octanol–water partition coefficient (Wildman–Crippen LogP) is 1.75. The van der Waals surface area contributed by atoms with Crippen LogP contribution in [0, 0.1) is 5.92 Å². The van der Waals surface area contributed by atoms with Crippen LogP contribution in [0.1, 0.15) is 33.1 Å². The van der Waals surface area contributed by atoms with Gasteiger partial charge in [-0.1, -0.05) is 6.92 Å². The quantitative estimate of drug-likeness (QED) is 0.630. The minimum Gasteiger partial charge on any atom is -0.462 e. The van der Waals surface area contributed by atoms with Crippen LogP contribution >= 0.6 is 0 Å². The first-order valence-electron chi connectivity index (χ1n) is 5.02. The normalized spacial score (nSPS) is 21.1. The van der Waals surface area contributed by atoms with Crippen LogP contribution in [0.25, 0.3) is 0 Å². The molecule has 1 rings (SSSR count). The molecule has 0 aliphatic carbocycles. The van der Waals surface area contributed by atoms with Crippen molar-refractivity contribution in [1.29, 1.82) is 0 Å². The molecule has 0 aromatic carbocycles. The molecule has 1 aliphatic heterocycles. The van der Waals surface area contributed by atoms with E-state index in [0.29, 0.717) is 13.2 Å². The fourth-order valence-corrected chi connectivity index (χ4v) is 1.31. The minimum absolute atomic E-state index is 0.0438. The van der Waals surface area contributed by atoms with Gasteiger partial charge < -0.3 is 9.47 Å². The minimum atomic E-state index is -0.0438. The van der Waals surface area contributed by atoms with E-state index >= 15 is 0 Å². The van der Waals surface area contributed by atoms with Gasteiger partial charge in [0.05, 0.1) is 12.0 Å². The van der Waals surface area contributed by atoms with Crippen LogP contribution in [0.3, 0.4) is 0 Å². The number of hydrogen-bond acceptors (Lipinski definition) is 3. The first-order valence-corrected chi connectivity index (χ1v) is 5.02. The maximum Gasteiger partial charge on any atom is 0.309 e. The van der Waals surface area contributed by atoms with Crippen molar-refractivity contribution < 1.29 is 14.3 Å². The smallest absolute Gasteiger partial charge is 0.309 e. The number of hydrogen-bond donors (Lipinski definition) is 0. The van der Waals surface area contributed by atoms with E-state index < -0.39 is 0 Å². The Labute approximate surface area is 79.4 Å². The Kier molecular flexibility index (Phi) is 4.22. The molecule has 0 spiro atoms. The topological polar surface area (TPSA) is 35.5 Å². The summed E-state index contributed by atoms with van der Waals surface area (Å²) in [7, 11) is 0. The zero-order valence-corrected chi connectivity index (χ0v) is 8.41. The van der Waals surface area contributed by atoms with Gasteiger partial charge in [0.1, 0.15) is 0 Å². The third kappa shape index (κ3) is 3.35. The zero-order chi connectivity index (χ0) is 9.68. The van der Waals surface area contributed by atoms with Crippen LogP contribution in [-0.2, 0) is 14.3 Å². The fraction of sp³-hybridized carbons (Fsp3) is 0.900. The fourth-order valence-electron chi connectivity index (χ4n) is 1.31. The molecule has 0 saturated carbocycles. The van der Waals surface area contributed by atoms with E-state index in [9.17, 15) is 4.79 Å². The average Bonchev–Trinajstić information content (AvgIpc) is 2.19. The Morgan fingerprint density at radius 3 is 2.69 bits per heavy atom. The van der Waals surface area contributed by atoms with Gasteiger partial charge in [-0.2, -0.15) is 0 Å². The third-order valence-corrected chi connectivity index (χ3v) is 2.45. The van der Waals surface area contributed by atoms with E-state index in [1.807, 2.05) is 13.8 Å². The van der Waals surface area contributed by atoms with Crippen LogP contribution in [0.5, 0.6) is 0 Å². The van der Waals surface area contributed by atoms with Gasteiger partial charge >= 0.3 is 5.97 Å². The molecular weight excluding hydrogens is 168 g/mol. The van der Waals surface area contributed by atoms with Crippen molar-refractivity contribution >= 4 is 5.97 Å². The van der Waals surface area contributed by atoms with E-state index in [4.69, 9.17) is 9.47 Å². The molecule has 1 unspecified atom stereocenters. The summed E-state index contributed by atoms with van der Waals surface area (Å²) in [4.78, 5) is 11.5. The summed E-state index contributed by atoms with van der Waals surface area (Å²) in [6, 6.07) is 0. The highest BCUT2D eigenvalue weighted by molar-refractivity contribution is 5.72. The molecule has 1 fully saturated rings. The molecule has 1 saturated heterocycles. The maximum atomic E-state index is 11.5. The number of esters is 1. The summed E-state index contributed by atoms with van der Waals surface area (Å²) in [5.41, 5.74) is 0. The summed E-state index contributed by atoms with van der Waals surface area (Å²) < 4.78 is 10.4. The van der Waals surface area contributed by atoms with Gasteiger partial charge in [-0.25, -0.2) is 0 Å². The number of ether oxygens (including phenoxy) is 2. The van der Waals surface area contributed by atoms with E-state index in [-0.39, 0.29) is 18.0 Å². The molecule has 1 heterocycles. The van der Waals surface area contributed by atoms with Crippen molar-refractivity contribution in [3.05, 3.63) is 0 Å². The highest BCUT2D eigenvalue weighted by atomic mass is 16.5. The monoisotopic (exact) mass is 186 g/mol. The lowest BCUT2D eigenvalue weighted by atomic mass is 10.0. The number of carbonyl (C=O) groups is 1. The standard InChI is InChI=1S/C10H18O3/c1-3-8(2)13-10(11)9-4-6-12-7-5-9/h8-9H,3-7H2,1-2H3. The Morgan fingerprint density at radius 2 is 2.15 bits per heavy atom. The van der Waals surface area contributed by atoms with Gasteiger partial charge in [0.25, 0.3) is 0 Å². The lowest BCUT2D eigenvalue weighted by molar-refractivity contribution is -0.156. The predicted molar refractivity (Wildman–Crippen MR) is 49.4 cm³/mol. The van der Waals surface area contributed by atoms with Crippen LogP contribution in [-0.4, -0.2) is 25.3 Å². The zero-order valence-electron chi connectivity index (χ0n) is 8.41. The van der Waals surface area contributed by atoms with Crippen LogP contribution in [0.15, 0.2) is 0 Å². The first kappa shape index (κ1) is 10.5. The van der Waals surface area contributed by atoms with Gasteiger partial charge in [0.2, 0.25) is 0 Å². The Bertz CT molecular complexity index is 162. The highest BCUT2D eigenvalue weighted by Crippen LogP contribution is 2.17. The molecule has 3 nitrogen and oxygen atoms in total. The summed E-state index contributed by atoms with van der Waals surface area (Å²) in [5, 5.41) is 0. The molecule has 1 atom stereocenters. The summed E-state index contributed by atoms with van der Waals surface area (Å²) in [6.45, 7) is 5.33. The lowest BCUT2D eigenvalue weighted by Crippen LogP contribution is -2.27.